The van der Waals surface area contributed by atoms with Gasteiger partial charge in [0.25, 0.3) is 0 Å². The van der Waals surface area contributed by atoms with E-state index in [0.29, 0.717) is 44.5 Å². The molecule has 7 nitrogen and oxygen atoms in total. The van der Waals surface area contributed by atoms with Crippen molar-refractivity contribution in [2.75, 3.05) is 44.5 Å². The second-order valence-electron chi connectivity index (χ2n) is 8.18. The Kier molecular flexibility index (Phi) is 12.0. The second-order valence-corrected chi connectivity index (χ2v) is 10.6. The summed E-state index contributed by atoms with van der Waals surface area (Å²) in [7, 11) is -3.00. The van der Waals surface area contributed by atoms with Crippen molar-refractivity contribution in [3.05, 3.63) is 47.2 Å². The van der Waals surface area contributed by atoms with Crippen LogP contribution in [0.3, 0.4) is 0 Å². The molecule has 0 fully saturated rings. The maximum atomic E-state index is 12.9. The van der Waals surface area contributed by atoms with Crippen molar-refractivity contribution < 1.29 is 23.4 Å². The lowest BCUT2D eigenvalue weighted by Gasteiger charge is -2.24. The SMILES string of the molecule is CCOC(=O)CCCOc1ccc(C#Cc2cc(CC)nc(P(C)(=O)OCC)c2)cc1N(CC)CC. The van der Waals surface area contributed by atoms with Gasteiger partial charge in [-0.25, -0.2) is 4.98 Å². The molecule has 0 amide bonds. The Morgan fingerprint density at radius 1 is 1.00 bits per heavy atom. The Bertz CT molecular complexity index is 1120. The highest BCUT2D eigenvalue weighted by molar-refractivity contribution is 7.65. The van der Waals surface area contributed by atoms with Crippen molar-refractivity contribution in [3.63, 3.8) is 0 Å². The van der Waals surface area contributed by atoms with Crippen LogP contribution in [0.15, 0.2) is 30.3 Å². The highest BCUT2D eigenvalue weighted by Crippen LogP contribution is 2.40. The van der Waals surface area contributed by atoms with Gasteiger partial charge in [-0.15, -0.1) is 0 Å². The number of aryl methyl sites for hydroxylation is 1. The number of rotatable bonds is 13. The van der Waals surface area contributed by atoms with Gasteiger partial charge in [0.05, 0.1) is 25.5 Å². The number of hydrogen-bond donors (Lipinski definition) is 0. The van der Waals surface area contributed by atoms with E-state index < -0.39 is 7.37 Å². The van der Waals surface area contributed by atoms with Crippen molar-refractivity contribution in [2.24, 2.45) is 0 Å². The van der Waals surface area contributed by atoms with Crippen LogP contribution in [0.4, 0.5) is 5.69 Å². The van der Waals surface area contributed by atoms with Crippen LogP contribution in [0.5, 0.6) is 5.75 Å². The van der Waals surface area contributed by atoms with Crippen molar-refractivity contribution in [1.29, 1.82) is 0 Å². The normalized spacial score (nSPS) is 12.3. The number of nitrogens with zero attached hydrogens (tertiary/aromatic N) is 2. The van der Waals surface area contributed by atoms with E-state index in [1.54, 1.807) is 19.7 Å². The smallest absolute Gasteiger partial charge is 0.305 e. The first-order valence-corrected chi connectivity index (χ1v) is 14.8. The van der Waals surface area contributed by atoms with Gasteiger partial charge >= 0.3 is 5.97 Å². The summed E-state index contributed by atoms with van der Waals surface area (Å²) in [5.41, 5.74) is 3.83. The lowest BCUT2D eigenvalue weighted by atomic mass is 10.1. The molecular formula is C28H39N2O5P. The molecule has 0 aliphatic heterocycles. The topological polar surface area (TPSA) is 78.0 Å². The summed E-state index contributed by atoms with van der Waals surface area (Å²) in [6.07, 6.45) is 1.63. The van der Waals surface area contributed by atoms with E-state index in [1.807, 2.05) is 38.1 Å². The zero-order valence-electron chi connectivity index (χ0n) is 22.4. The molecule has 0 aliphatic rings. The quantitative estimate of drug-likeness (QED) is 0.158. The molecule has 1 aromatic carbocycles. The van der Waals surface area contributed by atoms with Gasteiger partial charge < -0.3 is 18.9 Å². The third kappa shape index (κ3) is 8.69. The fourth-order valence-corrected chi connectivity index (χ4v) is 4.96. The number of esters is 1. The number of anilines is 1. The number of carbonyl (C=O) groups excluding carboxylic acids is 1. The van der Waals surface area contributed by atoms with Crippen LogP contribution in [0.25, 0.3) is 0 Å². The average molecular weight is 515 g/mol. The molecule has 0 spiro atoms. The van der Waals surface area contributed by atoms with Crippen molar-refractivity contribution in [1.82, 2.24) is 4.98 Å². The van der Waals surface area contributed by atoms with E-state index in [0.717, 1.165) is 41.3 Å². The maximum Gasteiger partial charge on any atom is 0.305 e. The summed E-state index contributed by atoms with van der Waals surface area (Å²) in [6, 6.07) is 9.55. The predicted octanol–water partition coefficient (Wildman–Crippen LogP) is 5.18. The van der Waals surface area contributed by atoms with Crippen LogP contribution in [0.2, 0.25) is 0 Å². The Hall–Kier alpha value is -2.81. The molecule has 2 aromatic rings. The predicted molar refractivity (Wildman–Crippen MR) is 146 cm³/mol. The molecule has 8 heteroatoms. The monoisotopic (exact) mass is 514 g/mol. The van der Waals surface area contributed by atoms with Gasteiger partial charge in [-0.3, -0.25) is 9.36 Å². The zero-order chi connectivity index (χ0) is 26.6. The third-order valence-electron chi connectivity index (χ3n) is 5.52. The standard InChI is InChI=1S/C28H39N2O5P/c1-7-24-19-23(21-27(29-24)36(6,32)35-11-5)15-14-22-16-17-26(25(20-22)30(8-2)9-3)34-18-12-13-28(31)33-10-4/h16-17,19-21H,7-13,18H2,1-6H3. The minimum absolute atomic E-state index is 0.207. The molecule has 2 rings (SSSR count). The number of pyridine rings is 1. The lowest BCUT2D eigenvalue weighted by molar-refractivity contribution is -0.143. The molecule has 0 radical (unpaired) electrons. The number of carbonyl (C=O) groups is 1. The van der Waals surface area contributed by atoms with Crippen LogP contribution in [0.1, 0.15) is 64.3 Å². The van der Waals surface area contributed by atoms with E-state index >= 15 is 0 Å². The van der Waals surface area contributed by atoms with Crippen LogP contribution in [-0.2, 0) is 25.0 Å². The van der Waals surface area contributed by atoms with Gasteiger partial charge in [-0.1, -0.05) is 18.8 Å². The van der Waals surface area contributed by atoms with Crippen molar-refractivity contribution >= 4 is 24.5 Å². The molecule has 1 heterocycles. The molecule has 0 aliphatic carbocycles. The summed E-state index contributed by atoms with van der Waals surface area (Å²) < 4.78 is 29.4. The summed E-state index contributed by atoms with van der Waals surface area (Å²) in [6.45, 7) is 14.2. The maximum absolute atomic E-state index is 12.9. The van der Waals surface area contributed by atoms with Crippen LogP contribution >= 0.6 is 7.37 Å². The highest BCUT2D eigenvalue weighted by atomic mass is 31.2. The highest BCUT2D eigenvalue weighted by Gasteiger charge is 2.21. The van der Waals surface area contributed by atoms with Gasteiger partial charge in [0, 0.05) is 43.0 Å². The third-order valence-corrected chi connectivity index (χ3v) is 7.33. The summed E-state index contributed by atoms with van der Waals surface area (Å²) >= 11 is 0. The first-order valence-electron chi connectivity index (χ1n) is 12.7. The molecule has 1 atom stereocenters. The van der Waals surface area contributed by atoms with E-state index in [9.17, 15) is 9.36 Å². The van der Waals surface area contributed by atoms with Crippen LogP contribution in [0, 0.1) is 11.8 Å². The van der Waals surface area contributed by atoms with E-state index in [-0.39, 0.29) is 5.97 Å². The Labute approximate surface area is 216 Å². The first-order chi connectivity index (χ1) is 17.3. The molecular weight excluding hydrogens is 475 g/mol. The van der Waals surface area contributed by atoms with E-state index in [1.165, 1.54) is 0 Å². The van der Waals surface area contributed by atoms with Gasteiger partial charge in [-0.05, 0) is 70.9 Å². The minimum Gasteiger partial charge on any atom is -0.491 e. The number of benzene rings is 1. The molecule has 0 saturated heterocycles. The fourth-order valence-electron chi connectivity index (χ4n) is 3.65. The molecule has 0 bridgehead atoms. The lowest BCUT2D eigenvalue weighted by Crippen LogP contribution is -2.22. The molecule has 0 N–H and O–H groups in total. The van der Waals surface area contributed by atoms with Gasteiger partial charge in [0.15, 0.2) is 0 Å². The molecule has 1 unspecified atom stereocenters. The second kappa shape index (κ2) is 14.7. The van der Waals surface area contributed by atoms with Gasteiger partial charge in [-0.2, -0.15) is 0 Å². The Morgan fingerprint density at radius 3 is 2.36 bits per heavy atom. The van der Waals surface area contributed by atoms with Gasteiger partial charge in [0.2, 0.25) is 7.37 Å². The Morgan fingerprint density at radius 2 is 1.72 bits per heavy atom. The summed E-state index contributed by atoms with van der Waals surface area (Å²) in [5.74, 6) is 7.00. The van der Waals surface area contributed by atoms with Gasteiger partial charge in [0.1, 0.15) is 11.2 Å². The van der Waals surface area contributed by atoms with Crippen molar-refractivity contribution in [3.8, 4) is 17.6 Å². The number of ether oxygens (including phenoxy) is 2. The Balaban J connectivity index is 2.31. The van der Waals surface area contributed by atoms with Crippen LogP contribution in [-0.4, -0.2) is 50.5 Å². The van der Waals surface area contributed by atoms with E-state index in [4.69, 9.17) is 14.0 Å². The van der Waals surface area contributed by atoms with Crippen molar-refractivity contribution in [2.45, 2.75) is 53.9 Å². The fraction of sp³-hybridized carbons (Fsp3) is 0.500. The minimum atomic E-state index is -3.00. The molecule has 196 valence electrons. The number of hydrogen-bond acceptors (Lipinski definition) is 7. The first kappa shape index (κ1) is 29.4. The summed E-state index contributed by atoms with van der Waals surface area (Å²) in [4.78, 5) is 18.3. The average Bonchev–Trinajstić information content (AvgIpc) is 2.86. The zero-order valence-corrected chi connectivity index (χ0v) is 23.3. The number of aromatic nitrogens is 1. The molecule has 0 saturated carbocycles. The molecule has 36 heavy (non-hydrogen) atoms. The summed E-state index contributed by atoms with van der Waals surface area (Å²) in [5, 5.41) is 0. The van der Waals surface area contributed by atoms with E-state index in [2.05, 4.69) is 35.6 Å². The van der Waals surface area contributed by atoms with Crippen LogP contribution < -0.4 is 15.1 Å². The largest absolute Gasteiger partial charge is 0.491 e. The molecule has 1 aromatic heterocycles.